The van der Waals surface area contributed by atoms with Crippen LogP contribution in [0.15, 0.2) is 0 Å². The van der Waals surface area contributed by atoms with Crippen molar-refractivity contribution in [1.82, 2.24) is 4.90 Å². The van der Waals surface area contributed by atoms with E-state index in [1.165, 1.54) is 0 Å². The molecule has 0 aromatic carbocycles. The number of nitrogens with two attached hydrogens (primary N) is 1. The van der Waals surface area contributed by atoms with Crippen LogP contribution in [0.1, 0.15) is 27.2 Å². The van der Waals surface area contributed by atoms with Crippen LogP contribution < -0.4 is 5.73 Å². The molecule has 3 N–H and O–H groups in total. The summed E-state index contributed by atoms with van der Waals surface area (Å²) in [4.78, 5) is 14.3. The number of ether oxygens (including phenoxy) is 1. The molecule has 0 aromatic rings. The fraction of sp³-hybridized carbons (Fsp3) is 0.917. The second-order valence-electron chi connectivity index (χ2n) is 5.06. The van der Waals surface area contributed by atoms with Crippen molar-refractivity contribution in [1.29, 1.82) is 0 Å². The van der Waals surface area contributed by atoms with E-state index in [2.05, 4.69) is 0 Å². The first-order chi connectivity index (χ1) is 7.98. The molecule has 3 unspecified atom stereocenters. The van der Waals surface area contributed by atoms with Crippen molar-refractivity contribution in [2.45, 2.75) is 39.3 Å². The van der Waals surface area contributed by atoms with Crippen LogP contribution in [-0.4, -0.2) is 54.4 Å². The number of amides is 1. The summed E-state index contributed by atoms with van der Waals surface area (Å²) < 4.78 is 5.42. The zero-order valence-corrected chi connectivity index (χ0v) is 11.0. The fourth-order valence-corrected chi connectivity index (χ4v) is 1.94. The number of nitrogens with zero attached hydrogens (tertiary/aromatic N) is 1. The zero-order valence-electron chi connectivity index (χ0n) is 11.0. The van der Waals surface area contributed by atoms with E-state index >= 15 is 0 Å². The van der Waals surface area contributed by atoms with E-state index in [9.17, 15) is 4.79 Å². The maximum atomic E-state index is 12.5. The second kappa shape index (κ2) is 5.80. The molecule has 1 saturated heterocycles. The molecular weight excluding hydrogens is 220 g/mol. The van der Waals surface area contributed by atoms with Crippen LogP contribution in [0.3, 0.4) is 0 Å². The van der Waals surface area contributed by atoms with E-state index in [0.29, 0.717) is 19.7 Å². The monoisotopic (exact) mass is 244 g/mol. The Bertz CT molecular complexity index is 266. The van der Waals surface area contributed by atoms with Crippen LogP contribution in [0.2, 0.25) is 0 Å². The SMILES string of the molecule is CCC(C)(CN)C(=O)N1CC(CO)OCC1C. The molecule has 1 fully saturated rings. The highest BCUT2D eigenvalue weighted by Crippen LogP contribution is 2.25. The Balaban J connectivity index is 2.78. The fourth-order valence-electron chi connectivity index (χ4n) is 1.94. The van der Waals surface area contributed by atoms with Crippen molar-refractivity contribution in [2.24, 2.45) is 11.1 Å². The molecule has 17 heavy (non-hydrogen) atoms. The second-order valence-corrected chi connectivity index (χ2v) is 5.06. The van der Waals surface area contributed by atoms with Gasteiger partial charge >= 0.3 is 0 Å². The van der Waals surface area contributed by atoms with Gasteiger partial charge in [0.2, 0.25) is 5.91 Å². The van der Waals surface area contributed by atoms with Crippen LogP contribution in [0, 0.1) is 5.41 Å². The number of hydrogen-bond donors (Lipinski definition) is 2. The Hall–Kier alpha value is -0.650. The minimum Gasteiger partial charge on any atom is -0.394 e. The van der Waals surface area contributed by atoms with Crippen molar-refractivity contribution in [3.8, 4) is 0 Å². The van der Waals surface area contributed by atoms with E-state index in [1.54, 1.807) is 4.90 Å². The molecule has 5 heteroatoms. The number of aliphatic hydroxyl groups is 1. The summed E-state index contributed by atoms with van der Waals surface area (Å²) in [5.74, 6) is 0.0664. The average molecular weight is 244 g/mol. The van der Waals surface area contributed by atoms with Crippen LogP contribution in [0.5, 0.6) is 0 Å². The number of rotatable bonds is 4. The van der Waals surface area contributed by atoms with Crippen molar-refractivity contribution in [3.63, 3.8) is 0 Å². The highest BCUT2D eigenvalue weighted by atomic mass is 16.5. The van der Waals surface area contributed by atoms with Gasteiger partial charge in [0, 0.05) is 13.1 Å². The maximum absolute atomic E-state index is 12.5. The van der Waals surface area contributed by atoms with Gasteiger partial charge < -0.3 is 20.5 Å². The van der Waals surface area contributed by atoms with Crippen LogP contribution in [0.4, 0.5) is 0 Å². The highest BCUT2D eigenvalue weighted by molar-refractivity contribution is 5.83. The van der Waals surface area contributed by atoms with Gasteiger partial charge in [-0.1, -0.05) is 6.92 Å². The average Bonchev–Trinajstić information content (AvgIpc) is 2.37. The van der Waals surface area contributed by atoms with Gasteiger partial charge in [0.15, 0.2) is 0 Å². The number of aliphatic hydroxyl groups excluding tert-OH is 1. The summed E-state index contributed by atoms with van der Waals surface area (Å²) in [5, 5.41) is 9.11. The molecule has 3 atom stereocenters. The molecule has 1 aliphatic heterocycles. The van der Waals surface area contributed by atoms with Crippen molar-refractivity contribution in [2.75, 3.05) is 26.3 Å². The smallest absolute Gasteiger partial charge is 0.230 e. The number of carbonyl (C=O) groups excluding carboxylic acids is 1. The molecule has 0 saturated carbocycles. The molecule has 100 valence electrons. The highest BCUT2D eigenvalue weighted by Gasteiger charge is 2.38. The summed E-state index contributed by atoms with van der Waals surface area (Å²) in [5.41, 5.74) is 5.20. The Morgan fingerprint density at radius 2 is 2.29 bits per heavy atom. The van der Waals surface area contributed by atoms with Gasteiger partial charge in [0.25, 0.3) is 0 Å². The third-order valence-electron chi connectivity index (χ3n) is 3.72. The normalized spacial score (nSPS) is 28.9. The zero-order chi connectivity index (χ0) is 13.1. The Morgan fingerprint density at radius 1 is 1.65 bits per heavy atom. The molecule has 5 nitrogen and oxygen atoms in total. The van der Waals surface area contributed by atoms with Gasteiger partial charge in [0.1, 0.15) is 0 Å². The number of carbonyl (C=O) groups is 1. The summed E-state index contributed by atoms with van der Waals surface area (Å²) in [6.45, 7) is 7.04. The molecular formula is C12H24N2O3. The quantitative estimate of drug-likeness (QED) is 0.728. The molecule has 1 heterocycles. The molecule has 0 aliphatic carbocycles. The molecule has 0 bridgehead atoms. The standard InChI is InChI=1S/C12H24N2O3/c1-4-12(3,8-13)11(16)14-5-10(6-15)17-7-9(14)2/h9-10,15H,4-8,13H2,1-3H3. The van der Waals surface area contributed by atoms with Crippen molar-refractivity contribution in [3.05, 3.63) is 0 Å². The summed E-state index contributed by atoms with van der Waals surface area (Å²) in [6, 6.07) is 0.0442. The Morgan fingerprint density at radius 3 is 2.76 bits per heavy atom. The van der Waals surface area contributed by atoms with E-state index in [0.717, 1.165) is 6.42 Å². The van der Waals surface area contributed by atoms with E-state index < -0.39 is 5.41 Å². The Labute approximate surface area is 103 Å². The van der Waals surface area contributed by atoms with Crippen LogP contribution >= 0.6 is 0 Å². The van der Waals surface area contributed by atoms with Crippen LogP contribution in [-0.2, 0) is 9.53 Å². The summed E-state index contributed by atoms with van der Waals surface area (Å²) in [7, 11) is 0. The first kappa shape index (κ1) is 14.4. The van der Waals surface area contributed by atoms with E-state index in [-0.39, 0.29) is 24.7 Å². The van der Waals surface area contributed by atoms with Gasteiger partial charge in [0.05, 0.1) is 30.8 Å². The first-order valence-electron chi connectivity index (χ1n) is 6.22. The van der Waals surface area contributed by atoms with Crippen molar-refractivity contribution >= 4 is 5.91 Å². The topological polar surface area (TPSA) is 75.8 Å². The van der Waals surface area contributed by atoms with Crippen molar-refractivity contribution < 1.29 is 14.6 Å². The third kappa shape index (κ3) is 2.97. The largest absolute Gasteiger partial charge is 0.394 e. The molecule has 1 aliphatic rings. The molecule has 0 aromatic heterocycles. The maximum Gasteiger partial charge on any atom is 0.230 e. The lowest BCUT2D eigenvalue weighted by atomic mass is 9.85. The van der Waals surface area contributed by atoms with Crippen LogP contribution in [0.25, 0.3) is 0 Å². The lowest BCUT2D eigenvalue weighted by molar-refractivity contribution is -0.155. The van der Waals surface area contributed by atoms with Gasteiger partial charge in [-0.2, -0.15) is 0 Å². The lowest BCUT2D eigenvalue weighted by Crippen LogP contribution is -2.57. The molecule has 0 spiro atoms. The summed E-state index contributed by atoms with van der Waals surface area (Å²) >= 11 is 0. The molecule has 1 rings (SSSR count). The first-order valence-corrected chi connectivity index (χ1v) is 6.22. The molecule has 0 radical (unpaired) electrons. The summed E-state index contributed by atoms with van der Waals surface area (Å²) in [6.07, 6.45) is 0.449. The van der Waals surface area contributed by atoms with Gasteiger partial charge in [-0.25, -0.2) is 0 Å². The van der Waals surface area contributed by atoms with Gasteiger partial charge in [-0.05, 0) is 20.3 Å². The third-order valence-corrected chi connectivity index (χ3v) is 3.72. The number of hydrogen-bond acceptors (Lipinski definition) is 4. The van der Waals surface area contributed by atoms with Gasteiger partial charge in [-0.15, -0.1) is 0 Å². The number of morpholine rings is 1. The van der Waals surface area contributed by atoms with E-state index in [1.807, 2.05) is 20.8 Å². The van der Waals surface area contributed by atoms with E-state index in [4.69, 9.17) is 15.6 Å². The van der Waals surface area contributed by atoms with Gasteiger partial charge in [-0.3, -0.25) is 4.79 Å². The lowest BCUT2D eigenvalue weighted by Gasteiger charge is -2.41. The minimum atomic E-state index is -0.508. The Kier molecular flexibility index (Phi) is 4.91. The predicted molar refractivity (Wildman–Crippen MR) is 65.5 cm³/mol. The molecule has 1 amide bonds. The minimum absolute atomic E-state index is 0.0442. The predicted octanol–water partition coefficient (Wildman–Crippen LogP) is -0.0304.